The third-order valence-corrected chi connectivity index (χ3v) is 1.85. The Morgan fingerprint density at radius 1 is 1.80 bits per heavy atom. The maximum absolute atomic E-state index is 10.7. The highest BCUT2D eigenvalue weighted by Gasteiger charge is 2.15. The lowest BCUT2D eigenvalue weighted by Crippen LogP contribution is -2.65. The summed E-state index contributed by atoms with van der Waals surface area (Å²) in [4.78, 5) is 10.7. The van der Waals surface area contributed by atoms with Gasteiger partial charge < -0.3 is 10.5 Å². The molecule has 0 fully saturated rings. The van der Waals surface area contributed by atoms with Crippen molar-refractivity contribution >= 4 is 17.7 Å². The number of methoxy groups -OCH3 is 1. The van der Waals surface area contributed by atoms with E-state index in [1.54, 1.807) is 11.8 Å². The number of carbonyl (C=O) groups excluding carboxylic acids is 1. The summed E-state index contributed by atoms with van der Waals surface area (Å²) in [5.74, 6) is 0.748. The predicted octanol–water partition coefficient (Wildman–Crippen LogP) is -0.477. The molecule has 0 aliphatic rings. The van der Waals surface area contributed by atoms with E-state index in [1.807, 2.05) is 6.26 Å². The zero-order valence-corrected chi connectivity index (χ0v) is 7.24. The Labute approximate surface area is 65.3 Å². The van der Waals surface area contributed by atoms with Crippen molar-refractivity contribution in [3.8, 4) is 0 Å². The van der Waals surface area contributed by atoms with E-state index in [1.165, 1.54) is 7.11 Å². The zero-order chi connectivity index (χ0) is 7.98. The molecule has 0 saturated carbocycles. The van der Waals surface area contributed by atoms with Gasteiger partial charge in [0.2, 0.25) is 0 Å². The SMILES string of the molecule is COC(=O)C([NH3+])CCSC. The molecule has 4 heteroatoms. The summed E-state index contributed by atoms with van der Waals surface area (Å²) in [6, 6.07) is -0.197. The summed E-state index contributed by atoms with van der Waals surface area (Å²) in [6.07, 6.45) is 2.80. The number of quaternary nitrogens is 1. The Balaban J connectivity index is 3.41. The average Bonchev–Trinajstić information content (AvgIpc) is 1.98. The number of thioether (sulfide) groups is 1. The zero-order valence-electron chi connectivity index (χ0n) is 6.42. The molecule has 0 spiro atoms. The highest BCUT2D eigenvalue weighted by molar-refractivity contribution is 7.98. The fourth-order valence-corrected chi connectivity index (χ4v) is 1.06. The number of rotatable bonds is 4. The maximum atomic E-state index is 10.7. The summed E-state index contributed by atoms with van der Waals surface area (Å²) in [5.41, 5.74) is 3.66. The number of hydrogen-bond acceptors (Lipinski definition) is 3. The van der Waals surface area contributed by atoms with Gasteiger partial charge in [-0.05, 0) is 12.0 Å². The topological polar surface area (TPSA) is 53.9 Å². The molecule has 0 bridgehead atoms. The lowest BCUT2D eigenvalue weighted by atomic mass is 10.2. The summed E-state index contributed by atoms with van der Waals surface area (Å²) in [7, 11) is 1.39. The Hall–Kier alpha value is -0.220. The van der Waals surface area contributed by atoms with Crippen LogP contribution in [0.1, 0.15) is 6.42 Å². The van der Waals surface area contributed by atoms with Gasteiger partial charge >= 0.3 is 5.97 Å². The van der Waals surface area contributed by atoms with Crippen molar-refractivity contribution in [3.05, 3.63) is 0 Å². The van der Waals surface area contributed by atoms with Crippen LogP contribution in [0.5, 0.6) is 0 Å². The van der Waals surface area contributed by atoms with Gasteiger partial charge in [0.05, 0.1) is 7.11 Å². The van der Waals surface area contributed by atoms with Gasteiger partial charge in [-0.1, -0.05) is 0 Å². The van der Waals surface area contributed by atoms with E-state index in [4.69, 9.17) is 0 Å². The molecule has 60 valence electrons. The molecule has 0 aliphatic heterocycles. The lowest BCUT2D eigenvalue weighted by molar-refractivity contribution is -0.408. The van der Waals surface area contributed by atoms with Crippen LogP contribution in [-0.2, 0) is 9.53 Å². The molecule has 0 aromatic heterocycles. The Bertz CT molecular complexity index is 108. The Kier molecular flexibility index (Phi) is 5.43. The molecule has 0 aromatic carbocycles. The van der Waals surface area contributed by atoms with Crippen LogP contribution in [0.3, 0.4) is 0 Å². The quantitative estimate of drug-likeness (QED) is 0.571. The van der Waals surface area contributed by atoms with Crippen LogP contribution < -0.4 is 5.73 Å². The normalized spacial score (nSPS) is 12.7. The molecule has 0 heterocycles. The van der Waals surface area contributed by atoms with Crippen molar-refractivity contribution in [1.82, 2.24) is 0 Å². The number of esters is 1. The Morgan fingerprint density at radius 2 is 2.40 bits per heavy atom. The molecule has 0 aliphatic carbocycles. The van der Waals surface area contributed by atoms with Gasteiger partial charge in [-0.15, -0.1) is 0 Å². The second kappa shape index (κ2) is 5.56. The first-order valence-electron chi connectivity index (χ1n) is 3.12. The molecular weight excluding hydrogens is 150 g/mol. The van der Waals surface area contributed by atoms with E-state index < -0.39 is 0 Å². The van der Waals surface area contributed by atoms with Crippen LogP contribution in [-0.4, -0.2) is 31.1 Å². The second-order valence-corrected chi connectivity index (χ2v) is 2.99. The average molecular weight is 164 g/mol. The van der Waals surface area contributed by atoms with Gasteiger partial charge in [-0.25, -0.2) is 4.79 Å². The van der Waals surface area contributed by atoms with Crippen LogP contribution in [0.25, 0.3) is 0 Å². The molecule has 1 unspecified atom stereocenters. The maximum Gasteiger partial charge on any atom is 0.364 e. The van der Waals surface area contributed by atoms with Gasteiger partial charge in [0.15, 0.2) is 6.04 Å². The largest absolute Gasteiger partial charge is 0.465 e. The molecule has 0 amide bonds. The van der Waals surface area contributed by atoms with Crippen molar-refractivity contribution in [2.45, 2.75) is 12.5 Å². The van der Waals surface area contributed by atoms with E-state index in [2.05, 4.69) is 10.5 Å². The first kappa shape index (κ1) is 9.78. The fraction of sp³-hybridized carbons (Fsp3) is 0.833. The van der Waals surface area contributed by atoms with Crippen LogP contribution >= 0.6 is 11.8 Å². The minimum absolute atomic E-state index is 0.197. The van der Waals surface area contributed by atoms with Crippen LogP contribution in [0.2, 0.25) is 0 Å². The van der Waals surface area contributed by atoms with Gasteiger partial charge in [0, 0.05) is 6.42 Å². The first-order valence-corrected chi connectivity index (χ1v) is 4.51. The number of carbonyl (C=O) groups is 1. The van der Waals surface area contributed by atoms with Crippen molar-refractivity contribution in [2.75, 3.05) is 19.1 Å². The molecule has 0 saturated heterocycles. The molecule has 1 atom stereocenters. The van der Waals surface area contributed by atoms with Crippen LogP contribution in [0.15, 0.2) is 0 Å². The van der Waals surface area contributed by atoms with Gasteiger partial charge in [0.1, 0.15) is 0 Å². The summed E-state index contributed by atoms with van der Waals surface area (Å²) in [6.45, 7) is 0. The van der Waals surface area contributed by atoms with E-state index in [0.29, 0.717) is 0 Å². The second-order valence-electron chi connectivity index (χ2n) is 2.00. The smallest absolute Gasteiger partial charge is 0.364 e. The summed E-state index contributed by atoms with van der Waals surface area (Å²) < 4.78 is 4.50. The minimum atomic E-state index is -0.214. The number of hydrogen-bond donors (Lipinski definition) is 1. The van der Waals surface area contributed by atoms with Gasteiger partial charge in [-0.3, -0.25) is 0 Å². The molecule has 3 nitrogen and oxygen atoms in total. The fourth-order valence-electron chi connectivity index (χ4n) is 0.545. The monoisotopic (exact) mass is 164 g/mol. The van der Waals surface area contributed by atoms with Crippen molar-refractivity contribution in [3.63, 3.8) is 0 Å². The van der Waals surface area contributed by atoms with E-state index >= 15 is 0 Å². The van der Waals surface area contributed by atoms with E-state index in [-0.39, 0.29) is 12.0 Å². The third kappa shape index (κ3) is 3.74. The van der Waals surface area contributed by atoms with E-state index in [0.717, 1.165) is 12.2 Å². The summed E-state index contributed by atoms with van der Waals surface area (Å²) in [5, 5.41) is 0. The standard InChI is InChI=1S/C6H13NO2S/c1-9-6(8)5(7)3-4-10-2/h5H,3-4,7H2,1-2H3/p+1. The molecule has 10 heavy (non-hydrogen) atoms. The lowest BCUT2D eigenvalue weighted by Gasteiger charge is -2.03. The van der Waals surface area contributed by atoms with E-state index in [9.17, 15) is 4.79 Å². The number of ether oxygens (including phenoxy) is 1. The minimum Gasteiger partial charge on any atom is -0.465 e. The molecular formula is C6H14NO2S+. The third-order valence-electron chi connectivity index (χ3n) is 1.20. The molecule has 0 rings (SSSR count). The highest BCUT2D eigenvalue weighted by Crippen LogP contribution is 1.97. The first-order chi connectivity index (χ1) is 4.72. The summed E-state index contributed by atoms with van der Waals surface area (Å²) >= 11 is 1.71. The van der Waals surface area contributed by atoms with Crippen molar-refractivity contribution in [1.29, 1.82) is 0 Å². The van der Waals surface area contributed by atoms with Gasteiger partial charge in [0.25, 0.3) is 0 Å². The highest BCUT2D eigenvalue weighted by atomic mass is 32.2. The molecule has 0 radical (unpaired) electrons. The van der Waals surface area contributed by atoms with Crippen molar-refractivity contribution in [2.24, 2.45) is 0 Å². The van der Waals surface area contributed by atoms with Gasteiger partial charge in [-0.2, -0.15) is 11.8 Å². The molecule has 3 N–H and O–H groups in total. The van der Waals surface area contributed by atoms with Crippen LogP contribution in [0.4, 0.5) is 0 Å². The Morgan fingerprint density at radius 3 is 2.80 bits per heavy atom. The van der Waals surface area contributed by atoms with Crippen LogP contribution in [0, 0.1) is 0 Å². The predicted molar refractivity (Wildman–Crippen MR) is 41.7 cm³/mol. The molecule has 0 aromatic rings. The van der Waals surface area contributed by atoms with Crippen molar-refractivity contribution < 1.29 is 15.3 Å².